The van der Waals surface area contributed by atoms with E-state index in [1.165, 1.54) is 22.3 Å². The summed E-state index contributed by atoms with van der Waals surface area (Å²) in [5, 5.41) is 0. The van der Waals surface area contributed by atoms with Crippen LogP contribution in [0.2, 0.25) is 0 Å². The standard InChI is InChI=1S/C25H27N5O/c1-4-5-21-16(2)26-15-27-25(21)30-10-11-31-24-9-7-18(12-20(24)14-30)19-6-8-22-23(13-19)29-17(3)28-22/h6-9,12-13,15H,4-5,10-11,14H2,1-3H3,(H,28,29). The van der Waals surface area contributed by atoms with Crippen molar-refractivity contribution >= 4 is 16.9 Å². The molecule has 1 aliphatic rings. The van der Waals surface area contributed by atoms with Gasteiger partial charge in [-0.15, -0.1) is 0 Å². The number of rotatable bonds is 4. The average molecular weight is 414 g/mol. The smallest absolute Gasteiger partial charge is 0.135 e. The fourth-order valence-corrected chi connectivity index (χ4v) is 4.37. The molecule has 2 aromatic heterocycles. The number of anilines is 1. The van der Waals surface area contributed by atoms with Gasteiger partial charge in [-0.25, -0.2) is 15.0 Å². The average Bonchev–Trinajstić information content (AvgIpc) is 3.01. The number of aromatic nitrogens is 4. The van der Waals surface area contributed by atoms with E-state index in [0.29, 0.717) is 6.61 Å². The van der Waals surface area contributed by atoms with Gasteiger partial charge in [0.05, 0.1) is 17.6 Å². The molecule has 0 unspecified atom stereocenters. The van der Waals surface area contributed by atoms with Crippen molar-refractivity contribution in [2.45, 2.75) is 40.2 Å². The maximum Gasteiger partial charge on any atom is 0.135 e. The lowest BCUT2D eigenvalue weighted by Gasteiger charge is -2.24. The number of nitrogens with one attached hydrogen (secondary N) is 1. The highest BCUT2D eigenvalue weighted by Gasteiger charge is 2.21. The van der Waals surface area contributed by atoms with E-state index in [1.54, 1.807) is 6.33 Å². The van der Waals surface area contributed by atoms with Crippen LogP contribution in [-0.4, -0.2) is 33.1 Å². The van der Waals surface area contributed by atoms with Crippen LogP contribution in [0.1, 0.15) is 36.0 Å². The van der Waals surface area contributed by atoms with Crippen LogP contribution in [0.5, 0.6) is 5.75 Å². The Labute approximate surface area is 182 Å². The molecule has 3 heterocycles. The number of aryl methyl sites for hydroxylation is 2. The minimum absolute atomic E-state index is 0.639. The number of imidazole rings is 1. The SMILES string of the molecule is CCCc1c(C)ncnc1N1CCOc2ccc(-c3ccc4nc(C)[nH]c4c3)cc2C1. The normalized spacial score (nSPS) is 13.7. The van der Waals surface area contributed by atoms with Crippen LogP contribution in [0.4, 0.5) is 5.82 Å². The summed E-state index contributed by atoms with van der Waals surface area (Å²) in [6.07, 6.45) is 3.73. The summed E-state index contributed by atoms with van der Waals surface area (Å²) < 4.78 is 6.09. The zero-order chi connectivity index (χ0) is 21.4. The minimum atomic E-state index is 0.639. The van der Waals surface area contributed by atoms with Gasteiger partial charge in [0.1, 0.15) is 30.3 Å². The lowest BCUT2D eigenvalue weighted by atomic mass is 10.0. The molecule has 0 fully saturated rings. The lowest BCUT2D eigenvalue weighted by molar-refractivity contribution is 0.331. The van der Waals surface area contributed by atoms with Gasteiger partial charge in [0, 0.05) is 23.4 Å². The Morgan fingerprint density at radius 3 is 2.77 bits per heavy atom. The van der Waals surface area contributed by atoms with Crippen molar-refractivity contribution in [3.05, 3.63) is 65.4 Å². The van der Waals surface area contributed by atoms with E-state index in [-0.39, 0.29) is 0 Å². The summed E-state index contributed by atoms with van der Waals surface area (Å²) in [4.78, 5) is 19.3. The summed E-state index contributed by atoms with van der Waals surface area (Å²) in [5.74, 6) is 2.92. The Morgan fingerprint density at radius 2 is 1.90 bits per heavy atom. The second-order valence-corrected chi connectivity index (χ2v) is 8.16. The Morgan fingerprint density at radius 1 is 1.06 bits per heavy atom. The first kappa shape index (κ1) is 19.5. The number of H-pyrrole nitrogens is 1. The molecule has 0 spiro atoms. The maximum atomic E-state index is 6.09. The second kappa shape index (κ2) is 8.02. The Balaban J connectivity index is 1.51. The Bertz CT molecular complexity index is 1250. The topological polar surface area (TPSA) is 66.9 Å². The molecule has 0 bridgehead atoms. The Kier molecular flexibility index (Phi) is 5.06. The molecule has 6 nitrogen and oxygen atoms in total. The summed E-state index contributed by atoms with van der Waals surface area (Å²) >= 11 is 0. The molecule has 0 atom stereocenters. The van der Waals surface area contributed by atoms with Gasteiger partial charge in [-0.3, -0.25) is 0 Å². The number of hydrogen-bond acceptors (Lipinski definition) is 5. The summed E-state index contributed by atoms with van der Waals surface area (Å²) in [6, 6.07) is 12.8. The molecule has 0 saturated carbocycles. The third-order valence-corrected chi connectivity index (χ3v) is 5.91. The van der Waals surface area contributed by atoms with E-state index in [0.717, 1.165) is 60.1 Å². The lowest BCUT2D eigenvalue weighted by Crippen LogP contribution is -2.27. The molecule has 5 rings (SSSR count). The van der Waals surface area contributed by atoms with Crippen LogP contribution < -0.4 is 9.64 Å². The van der Waals surface area contributed by atoms with E-state index in [4.69, 9.17) is 4.74 Å². The van der Waals surface area contributed by atoms with Crippen molar-refractivity contribution < 1.29 is 4.74 Å². The van der Waals surface area contributed by atoms with Gasteiger partial charge in [-0.1, -0.05) is 25.5 Å². The summed E-state index contributed by atoms with van der Waals surface area (Å²) in [5.41, 5.74) is 7.87. The largest absolute Gasteiger partial charge is 0.491 e. The fraction of sp³-hybridized carbons (Fsp3) is 0.320. The van der Waals surface area contributed by atoms with Crippen LogP contribution in [0.3, 0.4) is 0 Å². The highest BCUT2D eigenvalue weighted by molar-refractivity contribution is 5.82. The van der Waals surface area contributed by atoms with E-state index >= 15 is 0 Å². The van der Waals surface area contributed by atoms with Gasteiger partial charge < -0.3 is 14.6 Å². The van der Waals surface area contributed by atoms with E-state index in [9.17, 15) is 0 Å². The molecule has 6 heteroatoms. The van der Waals surface area contributed by atoms with Crippen LogP contribution in [0.25, 0.3) is 22.2 Å². The number of hydrogen-bond donors (Lipinski definition) is 1. The van der Waals surface area contributed by atoms with Gasteiger partial charge in [-0.05, 0) is 55.7 Å². The van der Waals surface area contributed by atoms with Crippen LogP contribution in [-0.2, 0) is 13.0 Å². The zero-order valence-corrected chi connectivity index (χ0v) is 18.3. The molecular weight excluding hydrogens is 386 g/mol. The first-order chi connectivity index (χ1) is 15.1. The molecule has 31 heavy (non-hydrogen) atoms. The third-order valence-electron chi connectivity index (χ3n) is 5.91. The highest BCUT2D eigenvalue weighted by atomic mass is 16.5. The van der Waals surface area contributed by atoms with Gasteiger partial charge in [0.15, 0.2) is 0 Å². The van der Waals surface area contributed by atoms with Crippen molar-refractivity contribution in [1.82, 2.24) is 19.9 Å². The third kappa shape index (κ3) is 3.74. The van der Waals surface area contributed by atoms with E-state index < -0.39 is 0 Å². The van der Waals surface area contributed by atoms with Gasteiger partial charge in [0.2, 0.25) is 0 Å². The van der Waals surface area contributed by atoms with E-state index in [2.05, 4.69) is 75.1 Å². The second-order valence-electron chi connectivity index (χ2n) is 8.16. The number of aromatic amines is 1. The van der Waals surface area contributed by atoms with Crippen LogP contribution in [0.15, 0.2) is 42.7 Å². The quantitative estimate of drug-likeness (QED) is 0.511. The van der Waals surface area contributed by atoms with Gasteiger partial charge in [0.25, 0.3) is 0 Å². The van der Waals surface area contributed by atoms with E-state index in [1.807, 2.05) is 6.92 Å². The number of fused-ring (bicyclic) bond motifs is 2. The van der Waals surface area contributed by atoms with Gasteiger partial charge >= 0.3 is 0 Å². The van der Waals surface area contributed by atoms with Crippen molar-refractivity contribution in [3.63, 3.8) is 0 Å². The summed E-state index contributed by atoms with van der Waals surface area (Å²) in [6.45, 7) is 8.46. The molecule has 0 aliphatic carbocycles. The number of nitrogens with zero attached hydrogens (tertiary/aromatic N) is 4. The predicted molar refractivity (Wildman–Crippen MR) is 124 cm³/mol. The highest BCUT2D eigenvalue weighted by Crippen LogP contribution is 2.32. The molecule has 4 aromatic rings. The molecule has 0 saturated heterocycles. The van der Waals surface area contributed by atoms with Crippen molar-refractivity contribution in [2.24, 2.45) is 0 Å². The molecule has 1 aliphatic heterocycles. The van der Waals surface area contributed by atoms with Crippen LogP contribution >= 0.6 is 0 Å². The first-order valence-corrected chi connectivity index (χ1v) is 10.9. The first-order valence-electron chi connectivity index (χ1n) is 10.9. The maximum absolute atomic E-state index is 6.09. The molecule has 0 amide bonds. The predicted octanol–water partition coefficient (Wildman–Crippen LogP) is 4.99. The molecule has 0 radical (unpaired) electrons. The summed E-state index contributed by atoms with van der Waals surface area (Å²) in [7, 11) is 0. The monoisotopic (exact) mass is 413 g/mol. The molecule has 1 N–H and O–H groups in total. The number of ether oxygens (including phenoxy) is 1. The number of benzene rings is 2. The van der Waals surface area contributed by atoms with Crippen molar-refractivity contribution in [1.29, 1.82) is 0 Å². The van der Waals surface area contributed by atoms with Crippen molar-refractivity contribution in [2.75, 3.05) is 18.1 Å². The molecule has 158 valence electrons. The fourth-order valence-electron chi connectivity index (χ4n) is 4.37. The Hall–Kier alpha value is -3.41. The van der Waals surface area contributed by atoms with Crippen molar-refractivity contribution in [3.8, 4) is 16.9 Å². The zero-order valence-electron chi connectivity index (χ0n) is 18.3. The van der Waals surface area contributed by atoms with Gasteiger partial charge in [-0.2, -0.15) is 0 Å². The molecular formula is C25H27N5O. The minimum Gasteiger partial charge on any atom is -0.491 e. The van der Waals surface area contributed by atoms with Crippen LogP contribution in [0, 0.1) is 13.8 Å². The molecule has 2 aromatic carbocycles.